The molecule has 0 saturated heterocycles. The zero-order chi connectivity index (χ0) is 15.2. The summed E-state index contributed by atoms with van der Waals surface area (Å²) in [7, 11) is 0. The Morgan fingerprint density at radius 2 is 2.33 bits per heavy atom. The Morgan fingerprint density at radius 3 is 3.05 bits per heavy atom. The number of rotatable bonds is 6. The molecular formula is C15H17N3O3. The van der Waals surface area contributed by atoms with Gasteiger partial charge in [0.1, 0.15) is 12.2 Å². The summed E-state index contributed by atoms with van der Waals surface area (Å²) >= 11 is 0. The van der Waals surface area contributed by atoms with Crippen LogP contribution < -0.4 is 0 Å². The van der Waals surface area contributed by atoms with Crippen molar-refractivity contribution < 1.29 is 14.3 Å². The maximum Gasteiger partial charge on any atom is 0.341 e. The summed E-state index contributed by atoms with van der Waals surface area (Å²) in [5.74, 6) is 0.221. The lowest BCUT2D eigenvalue weighted by Crippen LogP contribution is -2.05. The standard InChI is InChI=1S/C15H17N3O3/c1-4-20-10-12-7-6-8-16-14(12)18-9-13(11(3)17-18)15(19)21-5-2/h4,6-9H,1,5,10H2,2-3H3. The van der Waals surface area contributed by atoms with E-state index >= 15 is 0 Å². The number of aromatic nitrogens is 3. The first kappa shape index (κ1) is 14.8. The molecule has 2 aromatic rings. The van der Waals surface area contributed by atoms with Crippen molar-refractivity contribution in [2.75, 3.05) is 6.61 Å². The van der Waals surface area contributed by atoms with Gasteiger partial charge in [0, 0.05) is 18.0 Å². The summed E-state index contributed by atoms with van der Waals surface area (Å²) in [6.07, 6.45) is 4.65. The van der Waals surface area contributed by atoms with E-state index in [9.17, 15) is 4.79 Å². The van der Waals surface area contributed by atoms with Crippen molar-refractivity contribution in [2.24, 2.45) is 0 Å². The normalized spacial score (nSPS) is 10.2. The lowest BCUT2D eigenvalue weighted by atomic mass is 10.2. The average molecular weight is 287 g/mol. The first-order valence-corrected chi connectivity index (χ1v) is 6.57. The molecule has 0 spiro atoms. The Hall–Kier alpha value is -2.63. The molecule has 0 atom stereocenters. The number of aryl methyl sites for hydroxylation is 1. The van der Waals surface area contributed by atoms with Crippen molar-refractivity contribution in [1.82, 2.24) is 14.8 Å². The third-order valence-corrected chi connectivity index (χ3v) is 2.84. The molecule has 0 N–H and O–H groups in total. The number of carbonyl (C=O) groups excluding carboxylic acids is 1. The fourth-order valence-corrected chi connectivity index (χ4v) is 1.88. The van der Waals surface area contributed by atoms with Gasteiger partial charge in [-0.05, 0) is 19.9 Å². The molecule has 0 aromatic carbocycles. The van der Waals surface area contributed by atoms with Gasteiger partial charge in [0.05, 0.1) is 18.6 Å². The summed E-state index contributed by atoms with van der Waals surface area (Å²) in [5, 5.41) is 4.32. The van der Waals surface area contributed by atoms with Crippen LogP contribution in [0.4, 0.5) is 0 Å². The van der Waals surface area contributed by atoms with Crippen LogP contribution in [-0.4, -0.2) is 27.3 Å². The number of esters is 1. The van der Waals surface area contributed by atoms with Gasteiger partial charge in [-0.25, -0.2) is 14.5 Å². The Labute approximate surface area is 123 Å². The molecule has 110 valence electrons. The first-order chi connectivity index (χ1) is 10.2. The van der Waals surface area contributed by atoms with E-state index in [4.69, 9.17) is 9.47 Å². The van der Waals surface area contributed by atoms with Crippen molar-refractivity contribution in [3.05, 3.63) is 54.2 Å². The van der Waals surface area contributed by atoms with Gasteiger partial charge in [0.25, 0.3) is 0 Å². The van der Waals surface area contributed by atoms with E-state index in [0.29, 0.717) is 30.3 Å². The molecule has 2 heterocycles. The summed E-state index contributed by atoms with van der Waals surface area (Å²) in [4.78, 5) is 16.1. The Bertz CT molecular complexity index is 649. The Balaban J connectivity index is 2.37. The van der Waals surface area contributed by atoms with Gasteiger partial charge in [-0.15, -0.1) is 0 Å². The topological polar surface area (TPSA) is 66.2 Å². The minimum atomic E-state index is -0.388. The highest BCUT2D eigenvalue weighted by Crippen LogP contribution is 2.16. The van der Waals surface area contributed by atoms with Crippen LogP contribution in [0.5, 0.6) is 0 Å². The molecule has 0 aliphatic carbocycles. The van der Waals surface area contributed by atoms with Crippen LogP contribution in [0.15, 0.2) is 37.4 Å². The Kier molecular flexibility index (Phi) is 4.71. The molecule has 0 bridgehead atoms. The van der Waals surface area contributed by atoms with Crippen LogP contribution in [0.25, 0.3) is 5.82 Å². The largest absolute Gasteiger partial charge is 0.497 e. The van der Waals surface area contributed by atoms with Crippen LogP contribution in [0.1, 0.15) is 28.5 Å². The smallest absolute Gasteiger partial charge is 0.341 e. The summed E-state index contributed by atoms with van der Waals surface area (Å²) < 4.78 is 11.8. The van der Waals surface area contributed by atoms with Gasteiger partial charge >= 0.3 is 5.97 Å². The molecule has 2 rings (SSSR count). The molecule has 0 aliphatic rings. The number of hydrogen-bond acceptors (Lipinski definition) is 5. The van der Waals surface area contributed by atoms with Gasteiger partial charge in [0.15, 0.2) is 5.82 Å². The summed E-state index contributed by atoms with van der Waals surface area (Å²) in [6, 6.07) is 3.70. The molecule has 6 heteroatoms. The lowest BCUT2D eigenvalue weighted by Gasteiger charge is -2.07. The van der Waals surface area contributed by atoms with E-state index in [1.54, 1.807) is 30.9 Å². The quantitative estimate of drug-likeness (QED) is 0.603. The van der Waals surface area contributed by atoms with Gasteiger partial charge in [-0.2, -0.15) is 5.10 Å². The SMILES string of the molecule is C=COCc1cccnc1-n1cc(C(=O)OCC)c(C)n1. The van der Waals surface area contributed by atoms with Crippen LogP contribution >= 0.6 is 0 Å². The summed E-state index contributed by atoms with van der Waals surface area (Å²) in [5.41, 5.74) is 1.86. The second-order valence-electron chi connectivity index (χ2n) is 4.26. The van der Waals surface area contributed by atoms with Crippen molar-refractivity contribution in [3.8, 4) is 5.82 Å². The van der Waals surface area contributed by atoms with E-state index in [0.717, 1.165) is 5.56 Å². The predicted molar refractivity (Wildman–Crippen MR) is 77.0 cm³/mol. The number of hydrogen-bond donors (Lipinski definition) is 0. The molecule has 0 amide bonds. The van der Waals surface area contributed by atoms with Crippen LogP contribution in [0.2, 0.25) is 0 Å². The number of nitrogens with zero attached hydrogens (tertiary/aromatic N) is 3. The van der Waals surface area contributed by atoms with Gasteiger partial charge in [0.2, 0.25) is 0 Å². The van der Waals surface area contributed by atoms with Crippen molar-refractivity contribution in [1.29, 1.82) is 0 Å². The Morgan fingerprint density at radius 1 is 1.52 bits per heavy atom. The van der Waals surface area contributed by atoms with Gasteiger partial charge in [-0.3, -0.25) is 0 Å². The van der Waals surface area contributed by atoms with E-state index in [2.05, 4.69) is 16.7 Å². The van der Waals surface area contributed by atoms with Crippen molar-refractivity contribution in [2.45, 2.75) is 20.5 Å². The van der Waals surface area contributed by atoms with E-state index in [1.165, 1.54) is 6.26 Å². The monoisotopic (exact) mass is 287 g/mol. The van der Waals surface area contributed by atoms with E-state index in [-0.39, 0.29) is 5.97 Å². The number of pyridine rings is 1. The molecular weight excluding hydrogens is 270 g/mol. The molecule has 0 fully saturated rings. The second-order valence-corrected chi connectivity index (χ2v) is 4.26. The molecule has 0 unspecified atom stereocenters. The van der Waals surface area contributed by atoms with Crippen LogP contribution in [0, 0.1) is 6.92 Å². The minimum Gasteiger partial charge on any atom is -0.497 e. The van der Waals surface area contributed by atoms with Gasteiger partial charge < -0.3 is 9.47 Å². The minimum absolute atomic E-state index is 0.325. The number of carbonyl (C=O) groups is 1. The van der Waals surface area contributed by atoms with Crippen molar-refractivity contribution >= 4 is 5.97 Å². The molecule has 21 heavy (non-hydrogen) atoms. The maximum absolute atomic E-state index is 11.8. The van der Waals surface area contributed by atoms with Crippen molar-refractivity contribution in [3.63, 3.8) is 0 Å². The average Bonchev–Trinajstić information content (AvgIpc) is 2.87. The fourth-order valence-electron chi connectivity index (χ4n) is 1.88. The lowest BCUT2D eigenvalue weighted by molar-refractivity contribution is 0.0525. The number of ether oxygens (including phenoxy) is 2. The highest BCUT2D eigenvalue weighted by Gasteiger charge is 2.16. The molecule has 0 saturated carbocycles. The maximum atomic E-state index is 11.8. The van der Waals surface area contributed by atoms with Gasteiger partial charge in [-0.1, -0.05) is 12.6 Å². The fraction of sp³-hybridized carbons (Fsp3) is 0.267. The highest BCUT2D eigenvalue weighted by atomic mass is 16.5. The molecule has 0 aliphatic heterocycles. The third kappa shape index (κ3) is 3.28. The molecule has 0 radical (unpaired) electrons. The zero-order valence-corrected chi connectivity index (χ0v) is 12.1. The molecule has 2 aromatic heterocycles. The van der Waals surface area contributed by atoms with Crippen LogP contribution in [-0.2, 0) is 16.1 Å². The zero-order valence-electron chi connectivity index (χ0n) is 12.1. The third-order valence-electron chi connectivity index (χ3n) is 2.84. The second kappa shape index (κ2) is 6.69. The predicted octanol–water partition coefficient (Wildman–Crippen LogP) is 2.41. The van der Waals surface area contributed by atoms with E-state index in [1.807, 2.05) is 12.1 Å². The summed E-state index contributed by atoms with van der Waals surface area (Å²) in [6.45, 7) is 7.69. The molecule has 6 nitrogen and oxygen atoms in total. The first-order valence-electron chi connectivity index (χ1n) is 6.57. The van der Waals surface area contributed by atoms with Crippen LogP contribution in [0.3, 0.4) is 0 Å². The van der Waals surface area contributed by atoms with E-state index < -0.39 is 0 Å². The highest BCUT2D eigenvalue weighted by molar-refractivity contribution is 5.90.